The van der Waals surface area contributed by atoms with Crippen molar-refractivity contribution in [3.05, 3.63) is 35.4 Å². The monoisotopic (exact) mass is 432 g/mol. The van der Waals surface area contributed by atoms with E-state index in [9.17, 15) is 4.79 Å². The van der Waals surface area contributed by atoms with E-state index in [4.69, 9.17) is 9.47 Å². The van der Waals surface area contributed by atoms with Gasteiger partial charge in [0.1, 0.15) is 5.60 Å². The first kappa shape index (κ1) is 25.0. The van der Waals surface area contributed by atoms with E-state index >= 15 is 0 Å². The largest absolute Gasteiger partial charge is 0.444 e. The minimum absolute atomic E-state index is 0.0882. The summed E-state index contributed by atoms with van der Waals surface area (Å²) in [6, 6.07) is 8.60. The Labute approximate surface area is 187 Å². The van der Waals surface area contributed by atoms with Crippen LogP contribution in [0.5, 0.6) is 0 Å². The Morgan fingerprint density at radius 2 is 1.84 bits per heavy atom. The maximum Gasteiger partial charge on any atom is 0.408 e. The molecule has 1 aliphatic rings. The average molecular weight is 433 g/mol. The summed E-state index contributed by atoms with van der Waals surface area (Å²) < 4.78 is 11.5. The molecule has 3 N–H and O–H groups in total. The molecule has 0 saturated carbocycles. The standard InChI is InChI=1S/C24H40N4O3/c1-17-10-12-18(13-11-17)20-19(9-8-14-30-20)15-26-21(25-7)27-16-24(5,6)28-22(29)31-23(2,3)4/h10-13,19-20H,8-9,14-16H2,1-7H3,(H,28,29)(H2,25,26,27). The summed E-state index contributed by atoms with van der Waals surface area (Å²) in [4.78, 5) is 16.4. The van der Waals surface area contributed by atoms with Gasteiger partial charge in [0.2, 0.25) is 0 Å². The summed E-state index contributed by atoms with van der Waals surface area (Å²) in [6.07, 6.45) is 1.83. The van der Waals surface area contributed by atoms with Crippen molar-refractivity contribution >= 4 is 12.1 Å². The van der Waals surface area contributed by atoms with Gasteiger partial charge in [0.25, 0.3) is 0 Å². The van der Waals surface area contributed by atoms with Crippen LogP contribution in [0.25, 0.3) is 0 Å². The van der Waals surface area contributed by atoms with Crippen LogP contribution in [0.4, 0.5) is 4.79 Å². The Hall–Kier alpha value is -2.28. The van der Waals surface area contributed by atoms with E-state index in [1.807, 2.05) is 34.6 Å². The summed E-state index contributed by atoms with van der Waals surface area (Å²) >= 11 is 0. The van der Waals surface area contributed by atoms with Gasteiger partial charge in [-0.25, -0.2) is 4.79 Å². The minimum Gasteiger partial charge on any atom is -0.444 e. The molecule has 7 nitrogen and oxygen atoms in total. The molecule has 2 unspecified atom stereocenters. The van der Waals surface area contributed by atoms with Crippen molar-refractivity contribution in [3.8, 4) is 0 Å². The van der Waals surface area contributed by atoms with Gasteiger partial charge in [0, 0.05) is 32.7 Å². The van der Waals surface area contributed by atoms with Crippen LogP contribution in [0.15, 0.2) is 29.3 Å². The minimum atomic E-state index is -0.527. The molecule has 2 atom stereocenters. The number of carbonyl (C=O) groups is 1. The van der Waals surface area contributed by atoms with Gasteiger partial charge in [0.15, 0.2) is 5.96 Å². The Balaban J connectivity index is 1.87. The predicted molar refractivity (Wildman–Crippen MR) is 125 cm³/mol. The van der Waals surface area contributed by atoms with Crippen LogP contribution in [-0.4, -0.2) is 49.9 Å². The number of guanidine groups is 1. The Morgan fingerprint density at radius 1 is 1.16 bits per heavy atom. The van der Waals surface area contributed by atoms with E-state index in [2.05, 4.69) is 52.1 Å². The summed E-state index contributed by atoms with van der Waals surface area (Å²) in [7, 11) is 1.75. The van der Waals surface area contributed by atoms with Gasteiger partial charge in [-0.1, -0.05) is 29.8 Å². The van der Waals surface area contributed by atoms with Gasteiger partial charge in [0.05, 0.1) is 11.6 Å². The van der Waals surface area contributed by atoms with Crippen molar-refractivity contribution in [2.24, 2.45) is 10.9 Å². The van der Waals surface area contributed by atoms with Crippen molar-refractivity contribution in [2.75, 3.05) is 26.7 Å². The number of aliphatic imine (C=N–C) groups is 1. The number of rotatable bonds is 6. The molecule has 1 aromatic rings. The fourth-order valence-corrected chi connectivity index (χ4v) is 3.55. The molecular formula is C24H40N4O3. The van der Waals surface area contributed by atoms with E-state index in [0.29, 0.717) is 18.4 Å². The molecule has 1 amide bonds. The topological polar surface area (TPSA) is 84.0 Å². The van der Waals surface area contributed by atoms with Crippen LogP contribution >= 0.6 is 0 Å². The molecular weight excluding hydrogens is 392 g/mol. The molecule has 1 aromatic carbocycles. The van der Waals surface area contributed by atoms with Gasteiger partial charge in [-0.3, -0.25) is 4.99 Å². The summed E-state index contributed by atoms with van der Waals surface area (Å²) in [5.74, 6) is 1.06. The van der Waals surface area contributed by atoms with Gasteiger partial charge in [-0.15, -0.1) is 0 Å². The average Bonchev–Trinajstić information content (AvgIpc) is 2.67. The molecule has 1 fully saturated rings. The van der Waals surface area contributed by atoms with Gasteiger partial charge in [-0.05, 0) is 59.9 Å². The number of hydrogen-bond acceptors (Lipinski definition) is 4. The van der Waals surface area contributed by atoms with Crippen LogP contribution in [0.1, 0.15) is 64.7 Å². The second-order valence-electron chi connectivity index (χ2n) is 9.92. The first-order valence-corrected chi connectivity index (χ1v) is 11.1. The zero-order valence-electron chi connectivity index (χ0n) is 20.2. The third-order valence-electron chi connectivity index (χ3n) is 5.14. The molecule has 31 heavy (non-hydrogen) atoms. The van der Waals surface area contributed by atoms with Crippen molar-refractivity contribution in [3.63, 3.8) is 0 Å². The summed E-state index contributed by atoms with van der Waals surface area (Å²) in [5, 5.41) is 9.64. The first-order chi connectivity index (χ1) is 14.5. The fraction of sp³-hybridized carbons (Fsp3) is 0.667. The van der Waals surface area contributed by atoms with Crippen LogP contribution in [-0.2, 0) is 9.47 Å². The third kappa shape index (κ3) is 8.77. The number of benzene rings is 1. The molecule has 7 heteroatoms. The SMILES string of the molecule is CN=C(NCC1CCCOC1c1ccc(C)cc1)NCC(C)(C)NC(=O)OC(C)(C)C. The van der Waals surface area contributed by atoms with E-state index < -0.39 is 17.2 Å². The van der Waals surface area contributed by atoms with E-state index in [1.54, 1.807) is 7.05 Å². The molecule has 0 spiro atoms. The normalized spacial score (nSPS) is 20.2. The second kappa shape index (κ2) is 10.8. The number of carbonyl (C=O) groups excluding carboxylic acids is 1. The number of nitrogens with one attached hydrogen (secondary N) is 3. The molecule has 174 valence electrons. The quantitative estimate of drug-likeness (QED) is 0.469. The lowest BCUT2D eigenvalue weighted by atomic mass is 9.89. The van der Waals surface area contributed by atoms with Crippen LogP contribution in [0.3, 0.4) is 0 Å². The molecule has 1 aliphatic heterocycles. The van der Waals surface area contributed by atoms with Crippen molar-refractivity contribution in [2.45, 2.75) is 71.6 Å². The Bertz CT molecular complexity index is 738. The number of hydrogen-bond donors (Lipinski definition) is 3. The van der Waals surface area contributed by atoms with Crippen LogP contribution < -0.4 is 16.0 Å². The first-order valence-electron chi connectivity index (χ1n) is 11.1. The van der Waals surface area contributed by atoms with Crippen LogP contribution in [0, 0.1) is 12.8 Å². The zero-order chi connectivity index (χ0) is 23.1. The number of alkyl carbamates (subject to hydrolysis) is 1. The highest BCUT2D eigenvalue weighted by Crippen LogP contribution is 2.33. The molecule has 2 rings (SSSR count). The number of nitrogens with zero attached hydrogens (tertiary/aromatic N) is 1. The Kier molecular flexibility index (Phi) is 8.74. The molecule has 0 bridgehead atoms. The van der Waals surface area contributed by atoms with Crippen molar-refractivity contribution in [1.29, 1.82) is 0 Å². The third-order valence-corrected chi connectivity index (χ3v) is 5.14. The highest BCUT2D eigenvalue weighted by Gasteiger charge is 2.28. The molecule has 0 aliphatic carbocycles. The van der Waals surface area contributed by atoms with Gasteiger partial charge >= 0.3 is 6.09 Å². The maximum atomic E-state index is 12.1. The smallest absolute Gasteiger partial charge is 0.408 e. The lowest BCUT2D eigenvalue weighted by Gasteiger charge is -2.33. The number of aryl methyl sites for hydroxylation is 1. The summed E-state index contributed by atoms with van der Waals surface area (Å²) in [5.41, 5.74) is 1.45. The maximum absolute atomic E-state index is 12.1. The number of amides is 1. The van der Waals surface area contributed by atoms with Gasteiger partial charge < -0.3 is 25.4 Å². The van der Waals surface area contributed by atoms with E-state index in [1.165, 1.54) is 11.1 Å². The molecule has 1 heterocycles. The lowest BCUT2D eigenvalue weighted by Crippen LogP contribution is -2.54. The molecule has 0 radical (unpaired) electrons. The summed E-state index contributed by atoms with van der Waals surface area (Å²) in [6.45, 7) is 13.6. The van der Waals surface area contributed by atoms with E-state index in [0.717, 1.165) is 26.0 Å². The highest BCUT2D eigenvalue weighted by atomic mass is 16.6. The fourth-order valence-electron chi connectivity index (χ4n) is 3.55. The molecule has 0 aromatic heterocycles. The molecule has 1 saturated heterocycles. The predicted octanol–water partition coefficient (Wildman–Crippen LogP) is 3.93. The second-order valence-corrected chi connectivity index (χ2v) is 9.92. The highest BCUT2D eigenvalue weighted by molar-refractivity contribution is 5.79. The van der Waals surface area contributed by atoms with E-state index in [-0.39, 0.29) is 6.10 Å². The van der Waals surface area contributed by atoms with Crippen molar-refractivity contribution in [1.82, 2.24) is 16.0 Å². The lowest BCUT2D eigenvalue weighted by molar-refractivity contribution is -0.0265. The van der Waals surface area contributed by atoms with Crippen molar-refractivity contribution < 1.29 is 14.3 Å². The Morgan fingerprint density at radius 3 is 2.45 bits per heavy atom. The number of ether oxygens (including phenoxy) is 2. The van der Waals surface area contributed by atoms with Crippen LogP contribution in [0.2, 0.25) is 0 Å². The van der Waals surface area contributed by atoms with Gasteiger partial charge in [-0.2, -0.15) is 0 Å². The zero-order valence-corrected chi connectivity index (χ0v) is 20.2.